The van der Waals surface area contributed by atoms with Gasteiger partial charge in [-0.1, -0.05) is 6.92 Å². The van der Waals surface area contributed by atoms with Gasteiger partial charge in [-0.3, -0.25) is 0 Å². The topological polar surface area (TPSA) is 58.2 Å². The van der Waals surface area contributed by atoms with E-state index < -0.39 is 32.4 Å². The molecule has 1 rings (SSSR count). The standard InChI is InChI=1S/C10H13F3N2O2S/c1-2-14-3-4-15-18(16,17)10-8(12)5-7(11)6-9(10)13/h5-6,14-15H,2-4H2,1H3. The van der Waals surface area contributed by atoms with E-state index >= 15 is 0 Å². The first-order chi connectivity index (χ1) is 8.38. The predicted octanol–water partition coefficient (Wildman–Crippen LogP) is 0.992. The zero-order valence-electron chi connectivity index (χ0n) is 9.63. The molecule has 0 aromatic heterocycles. The van der Waals surface area contributed by atoms with Crippen LogP contribution in [0.15, 0.2) is 17.0 Å². The molecule has 0 aliphatic rings. The molecule has 0 radical (unpaired) electrons. The summed E-state index contributed by atoms with van der Waals surface area (Å²) in [7, 11) is -4.33. The zero-order chi connectivity index (χ0) is 13.8. The van der Waals surface area contributed by atoms with Crippen LogP contribution in [0.1, 0.15) is 6.92 Å². The number of benzene rings is 1. The van der Waals surface area contributed by atoms with Crippen molar-refractivity contribution in [2.24, 2.45) is 0 Å². The Hall–Kier alpha value is -1.12. The molecule has 0 amide bonds. The van der Waals surface area contributed by atoms with E-state index in [1.807, 2.05) is 11.6 Å². The molecule has 4 nitrogen and oxygen atoms in total. The Bertz CT molecular complexity index is 497. The summed E-state index contributed by atoms with van der Waals surface area (Å²) in [5.74, 6) is -4.08. The lowest BCUT2D eigenvalue weighted by atomic mass is 10.3. The van der Waals surface area contributed by atoms with Gasteiger partial charge in [-0.2, -0.15) is 0 Å². The quantitative estimate of drug-likeness (QED) is 0.765. The highest BCUT2D eigenvalue weighted by molar-refractivity contribution is 7.89. The third kappa shape index (κ3) is 3.69. The van der Waals surface area contributed by atoms with Crippen LogP contribution in [-0.2, 0) is 10.0 Å². The van der Waals surface area contributed by atoms with Gasteiger partial charge in [-0.05, 0) is 6.54 Å². The Morgan fingerprint density at radius 3 is 2.17 bits per heavy atom. The van der Waals surface area contributed by atoms with Crippen molar-refractivity contribution in [1.82, 2.24) is 10.0 Å². The average Bonchev–Trinajstić information content (AvgIpc) is 2.22. The van der Waals surface area contributed by atoms with Crippen molar-refractivity contribution >= 4 is 10.0 Å². The summed E-state index contributed by atoms with van der Waals surface area (Å²) in [5.41, 5.74) is 0. The highest BCUT2D eigenvalue weighted by Gasteiger charge is 2.24. The van der Waals surface area contributed by atoms with Crippen LogP contribution in [0, 0.1) is 17.5 Å². The third-order valence-corrected chi connectivity index (χ3v) is 3.59. The largest absolute Gasteiger partial charge is 0.316 e. The van der Waals surface area contributed by atoms with Crippen LogP contribution in [0.3, 0.4) is 0 Å². The molecule has 0 saturated carbocycles. The fourth-order valence-corrected chi connectivity index (χ4v) is 2.45. The van der Waals surface area contributed by atoms with Crippen LogP contribution in [0.2, 0.25) is 0 Å². The molecule has 1 aromatic carbocycles. The van der Waals surface area contributed by atoms with Crippen molar-refractivity contribution in [2.45, 2.75) is 11.8 Å². The SMILES string of the molecule is CCNCCNS(=O)(=O)c1c(F)cc(F)cc1F. The minimum absolute atomic E-state index is 0.0214. The zero-order valence-corrected chi connectivity index (χ0v) is 10.5. The highest BCUT2D eigenvalue weighted by atomic mass is 32.2. The maximum absolute atomic E-state index is 13.3. The highest BCUT2D eigenvalue weighted by Crippen LogP contribution is 2.19. The van der Waals surface area contributed by atoms with Gasteiger partial charge in [0, 0.05) is 25.2 Å². The van der Waals surface area contributed by atoms with Gasteiger partial charge in [0.05, 0.1) is 0 Å². The van der Waals surface area contributed by atoms with Gasteiger partial charge in [-0.25, -0.2) is 26.3 Å². The Labute approximate surface area is 103 Å². The molecule has 0 unspecified atom stereocenters. The maximum Gasteiger partial charge on any atom is 0.246 e. The van der Waals surface area contributed by atoms with Gasteiger partial charge >= 0.3 is 0 Å². The number of rotatable bonds is 6. The summed E-state index contributed by atoms with van der Waals surface area (Å²) in [6, 6.07) is 0.643. The number of hydrogen-bond acceptors (Lipinski definition) is 3. The van der Waals surface area contributed by atoms with Crippen LogP contribution in [0.25, 0.3) is 0 Å². The first kappa shape index (κ1) is 14.9. The van der Waals surface area contributed by atoms with Crippen molar-refractivity contribution in [3.8, 4) is 0 Å². The molecule has 2 N–H and O–H groups in total. The molecule has 0 spiro atoms. The molecular weight excluding hydrogens is 269 g/mol. The molecule has 0 heterocycles. The smallest absolute Gasteiger partial charge is 0.246 e. The van der Waals surface area contributed by atoms with Gasteiger partial charge < -0.3 is 5.32 Å². The number of halogens is 3. The number of nitrogens with one attached hydrogen (secondary N) is 2. The molecule has 0 saturated heterocycles. The summed E-state index contributed by atoms with van der Waals surface area (Å²) in [6.45, 7) is 2.77. The molecule has 102 valence electrons. The second kappa shape index (κ2) is 6.17. The minimum Gasteiger partial charge on any atom is -0.316 e. The summed E-state index contributed by atoms with van der Waals surface area (Å²) < 4.78 is 64.4. The summed E-state index contributed by atoms with van der Waals surface area (Å²) in [6.07, 6.45) is 0. The van der Waals surface area contributed by atoms with Gasteiger partial charge in [-0.15, -0.1) is 0 Å². The van der Waals surface area contributed by atoms with E-state index in [2.05, 4.69) is 5.32 Å². The third-order valence-electron chi connectivity index (χ3n) is 2.08. The molecule has 0 fully saturated rings. The summed E-state index contributed by atoms with van der Waals surface area (Å²) in [5, 5.41) is 2.84. The Morgan fingerprint density at radius 1 is 1.11 bits per heavy atom. The van der Waals surface area contributed by atoms with Crippen molar-refractivity contribution in [1.29, 1.82) is 0 Å². The number of sulfonamides is 1. The van der Waals surface area contributed by atoms with Crippen molar-refractivity contribution in [3.63, 3.8) is 0 Å². The number of likely N-dealkylation sites (N-methyl/N-ethyl adjacent to an activating group) is 1. The van der Waals surface area contributed by atoms with Crippen molar-refractivity contribution in [3.05, 3.63) is 29.6 Å². The molecular formula is C10H13F3N2O2S. The Balaban J connectivity index is 2.92. The molecule has 0 aliphatic heterocycles. The van der Waals surface area contributed by atoms with E-state index in [4.69, 9.17) is 0 Å². The molecule has 1 aromatic rings. The van der Waals surface area contributed by atoms with Crippen LogP contribution >= 0.6 is 0 Å². The van der Waals surface area contributed by atoms with E-state index in [1.165, 1.54) is 0 Å². The maximum atomic E-state index is 13.3. The van der Waals surface area contributed by atoms with E-state index in [9.17, 15) is 21.6 Å². The van der Waals surface area contributed by atoms with Crippen molar-refractivity contribution in [2.75, 3.05) is 19.6 Å². The van der Waals surface area contributed by atoms with Gasteiger partial charge in [0.2, 0.25) is 10.0 Å². The second-order valence-electron chi connectivity index (χ2n) is 3.45. The summed E-state index contributed by atoms with van der Waals surface area (Å²) >= 11 is 0. The fraction of sp³-hybridized carbons (Fsp3) is 0.400. The fourth-order valence-electron chi connectivity index (χ4n) is 1.31. The minimum atomic E-state index is -4.33. The van der Waals surface area contributed by atoms with Gasteiger partial charge in [0.25, 0.3) is 0 Å². The van der Waals surface area contributed by atoms with Crippen LogP contribution < -0.4 is 10.0 Å². The Kier molecular flexibility index (Phi) is 5.12. The molecule has 8 heteroatoms. The average molecular weight is 282 g/mol. The molecule has 18 heavy (non-hydrogen) atoms. The predicted molar refractivity (Wildman–Crippen MR) is 60.0 cm³/mol. The van der Waals surface area contributed by atoms with Crippen LogP contribution in [0.5, 0.6) is 0 Å². The Morgan fingerprint density at radius 2 is 1.67 bits per heavy atom. The first-order valence-electron chi connectivity index (χ1n) is 5.23. The molecule has 0 atom stereocenters. The van der Waals surface area contributed by atoms with Gasteiger partial charge in [0.15, 0.2) is 4.90 Å². The monoisotopic (exact) mass is 282 g/mol. The van der Waals surface area contributed by atoms with Gasteiger partial charge in [0.1, 0.15) is 17.5 Å². The first-order valence-corrected chi connectivity index (χ1v) is 6.71. The number of hydrogen-bond donors (Lipinski definition) is 2. The van der Waals surface area contributed by atoms with Crippen molar-refractivity contribution < 1.29 is 21.6 Å². The normalized spacial score (nSPS) is 11.8. The lowest BCUT2D eigenvalue weighted by molar-refractivity contribution is 0.493. The molecule has 0 aliphatic carbocycles. The molecule has 0 bridgehead atoms. The lowest BCUT2D eigenvalue weighted by Crippen LogP contribution is -2.32. The lowest BCUT2D eigenvalue weighted by Gasteiger charge is -2.08. The van der Waals surface area contributed by atoms with E-state index in [-0.39, 0.29) is 6.54 Å². The second-order valence-corrected chi connectivity index (χ2v) is 5.15. The van der Waals surface area contributed by atoms with Crippen LogP contribution in [-0.4, -0.2) is 28.1 Å². The van der Waals surface area contributed by atoms with E-state index in [0.29, 0.717) is 25.2 Å². The van der Waals surface area contributed by atoms with E-state index in [0.717, 1.165) is 0 Å². The van der Waals surface area contributed by atoms with Crippen LogP contribution in [0.4, 0.5) is 13.2 Å². The summed E-state index contributed by atoms with van der Waals surface area (Å²) in [4.78, 5) is -1.17. The van der Waals surface area contributed by atoms with E-state index in [1.54, 1.807) is 0 Å².